The van der Waals surface area contributed by atoms with E-state index in [-0.39, 0.29) is 28.1 Å². The molecule has 0 saturated heterocycles. The van der Waals surface area contributed by atoms with Gasteiger partial charge in [-0.15, -0.1) is 11.3 Å². The first-order valence-corrected chi connectivity index (χ1v) is 9.31. The number of alkyl halides is 3. The number of amides is 1. The summed E-state index contributed by atoms with van der Waals surface area (Å²) >= 11 is 6.72. The number of carbonyl (C=O) groups excluding carboxylic acids is 2. The third-order valence-electron chi connectivity index (χ3n) is 3.54. The number of hydrogen-bond donors (Lipinski definition) is 1. The molecule has 1 aromatic carbocycles. The molecule has 12 heteroatoms. The Morgan fingerprint density at radius 3 is 2.76 bits per heavy atom. The number of carbonyl (C=O) groups is 2. The van der Waals surface area contributed by atoms with Crippen molar-refractivity contribution in [2.24, 2.45) is 0 Å². The quantitative estimate of drug-likeness (QED) is 0.588. The average molecular weight is 445 g/mol. The molecule has 2 heterocycles. The minimum atomic E-state index is -4.87. The molecule has 0 aliphatic rings. The molecule has 0 spiro atoms. The number of thiazole rings is 1. The van der Waals surface area contributed by atoms with E-state index >= 15 is 0 Å². The van der Waals surface area contributed by atoms with Crippen LogP contribution in [0.2, 0.25) is 5.02 Å². The maximum Gasteiger partial charge on any atom is 0.434 e. The van der Waals surface area contributed by atoms with Crippen molar-refractivity contribution in [3.8, 4) is 5.69 Å². The standard InChI is InChI=1S/C17H12ClF3N4O3S/c1-2-28-15(27)12-8-29-16(23-12)24-14(26)11-7-22-25(13(11)17(19,20)21)10-5-3-4-9(18)6-10/h3-8H,2H2,1H3,(H,23,24,26). The van der Waals surface area contributed by atoms with Gasteiger partial charge in [0, 0.05) is 10.4 Å². The second kappa shape index (κ2) is 8.21. The van der Waals surface area contributed by atoms with E-state index in [1.165, 1.54) is 29.6 Å². The van der Waals surface area contributed by atoms with Crippen LogP contribution in [-0.4, -0.2) is 33.2 Å². The van der Waals surface area contributed by atoms with E-state index in [1.807, 2.05) is 0 Å². The SMILES string of the molecule is CCOC(=O)c1csc(NC(=O)c2cnn(-c3cccc(Cl)c3)c2C(F)(F)F)n1. The van der Waals surface area contributed by atoms with Crippen molar-refractivity contribution in [2.75, 3.05) is 11.9 Å². The molecular formula is C17H12ClF3N4O3S. The summed E-state index contributed by atoms with van der Waals surface area (Å²) in [5.74, 6) is -1.77. The molecule has 0 unspecified atom stereocenters. The molecule has 3 aromatic rings. The highest BCUT2D eigenvalue weighted by molar-refractivity contribution is 7.14. The molecule has 0 saturated carbocycles. The van der Waals surface area contributed by atoms with Crippen molar-refractivity contribution in [1.82, 2.24) is 14.8 Å². The lowest BCUT2D eigenvalue weighted by Gasteiger charge is -2.12. The molecule has 29 heavy (non-hydrogen) atoms. The van der Waals surface area contributed by atoms with Crippen LogP contribution in [0.4, 0.5) is 18.3 Å². The van der Waals surface area contributed by atoms with Gasteiger partial charge >= 0.3 is 12.1 Å². The van der Waals surface area contributed by atoms with E-state index in [0.717, 1.165) is 17.5 Å². The molecule has 0 aliphatic carbocycles. The molecule has 1 N–H and O–H groups in total. The zero-order valence-corrected chi connectivity index (χ0v) is 16.2. The summed E-state index contributed by atoms with van der Waals surface area (Å²) in [4.78, 5) is 27.9. The Hall–Kier alpha value is -2.92. The van der Waals surface area contributed by atoms with Crippen LogP contribution >= 0.6 is 22.9 Å². The summed E-state index contributed by atoms with van der Waals surface area (Å²) in [5.41, 5.74) is -1.98. The van der Waals surface area contributed by atoms with Crippen LogP contribution in [0.3, 0.4) is 0 Å². The Kier molecular flexibility index (Phi) is 5.89. The van der Waals surface area contributed by atoms with Gasteiger partial charge in [-0.25, -0.2) is 14.5 Å². The number of aromatic nitrogens is 3. The van der Waals surface area contributed by atoms with Crippen LogP contribution in [-0.2, 0) is 10.9 Å². The monoisotopic (exact) mass is 444 g/mol. The maximum atomic E-state index is 13.7. The molecule has 0 atom stereocenters. The van der Waals surface area contributed by atoms with Gasteiger partial charge in [-0.05, 0) is 25.1 Å². The number of benzene rings is 1. The van der Waals surface area contributed by atoms with Gasteiger partial charge < -0.3 is 4.74 Å². The molecule has 152 valence electrons. The normalized spacial score (nSPS) is 11.3. The Morgan fingerprint density at radius 1 is 1.34 bits per heavy atom. The van der Waals surface area contributed by atoms with E-state index in [4.69, 9.17) is 16.3 Å². The smallest absolute Gasteiger partial charge is 0.434 e. The number of anilines is 1. The van der Waals surface area contributed by atoms with Crippen molar-refractivity contribution in [1.29, 1.82) is 0 Å². The van der Waals surface area contributed by atoms with Gasteiger partial charge in [0.25, 0.3) is 5.91 Å². The Bertz CT molecular complexity index is 1060. The fraction of sp³-hybridized carbons (Fsp3) is 0.176. The lowest BCUT2D eigenvalue weighted by Crippen LogP contribution is -2.20. The van der Waals surface area contributed by atoms with Crippen LogP contribution in [0.5, 0.6) is 0 Å². The number of esters is 1. The van der Waals surface area contributed by atoms with E-state index < -0.39 is 29.3 Å². The lowest BCUT2D eigenvalue weighted by molar-refractivity contribution is -0.143. The summed E-state index contributed by atoms with van der Waals surface area (Å²) in [6.07, 6.45) is -4.07. The van der Waals surface area contributed by atoms with E-state index in [1.54, 1.807) is 6.92 Å². The van der Waals surface area contributed by atoms with Gasteiger partial charge in [-0.2, -0.15) is 18.3 Å². The van der Waals surface area contributed by atoms with Crippen molar-refractivity contribution in [3.05, 3.63) is 57.8 Å². The predicted octanol–water partition coefficient (Wildman–Crippen LogP) is 4.43. The molecule has 1 amide bonds. The van der Waals surface area contributed by atoms with Gasteiger partial charge in [-0.1, -0.05) is 17.7 Å². The Balaban J connectivity index is 1.92. The van der Waals surface area contributed by atoms with Crippen molar-refractivity contribution in [2.45, 2.75) is 13.1 Å². The van der Waals surface area contributed by atoms with E-state index in [2.05, 4.69) is 15.4 Å². The molecular weight excluding hydrogens is 433 g/mol. The molecule has 2 aromatic heterocycles. The second-order valence-electron chi connectivity index (χ2n) is 5.51. The second-order valence-corrected chi connectivity index (χ2v) is 6.80. The summed E-state index contributed by atoms with van der Waals surface area (Å²) in [7, 11) is 0. The Labute approximate surface area is 171 Å². The fourth-order valence-corrected chi connectivity index (χ4v) is 3.24. The lowest BCUT2D eigenvalue weighted by atomic mass is 10.2. The van der Waals surface area contributed by atoms with Gasteiger partial charge in [0.1, 0.15) is 0 Å². The van der Waals surface area contributed by atoms with Crippen LogP contribution in [0.1, 0.15) is 33.5 Å². The highest BCUT2D eigenvalue weighted by atomic mass is 35.5. The minimum Gasteiger partial charge on any atom is -0.461 e. The predicted molar refractivity (Wildman–Crippen MR) is 99.6 cm³/mol. The van der Waals surface area contributed by atoms with Crippen molar-refractivity contribution in [3.63, 3.8) is 0 Å². The molecule has 0 radical (unpaired) electrons. The highest BCUT2D eigenvalue weighted by Gasteiger charge is 2.40. The van der Waals surface area contributed by atoms with Crippen LogP contribution in [0.25, 0.3) is 5.69 Å². The van der Waals surface area contributed by atoms with Gasteiger partial charge in [-0.3, -0.25) is 10.1 Å². The fourth-order valence-electron chi connectivity index (χ4n) is 2.39. The van der Waals surface area contributed by atoms with E-state index in [0.29, 0.717) is 4.68 Å². The molecule has 0 bridgehead atoms. The number of hydrogen-bond acceptors (Lipinski definition) is 6. The van der Waals surface area contributed by atoms with Crippen LogP contribution in [0, 0.1) is 0 Å². The minimum absolute atomic E-state index is 0.0442. The molecule has 7 nitrogen and oxygen atoms in total. The van der Waals surface area contributed by atoms with Crippen molar-refractivity contribution < 1.29 is 27.5 Å². The Morgan fingerprint density at radius 2 is 2.10 bits per heavy atom. The number of rotatable bonds is 5. The number of halogens is 4. The summed E-state index contributed by atoms with van der Waals surface area (Å²) < 4.78 is 46.4. The van der Waals surface area contributed by atoms with Gasteiger partial charge in [0.15, 0.2) is 16.5 Å². The molecule has 3 rings (SSSR count). The molecule has 0 aliphatic heterocycles. The van der Waals surface area contributed by atoms with E-state index in [9.17, 15) is 22.8 Å². The largest absolute Gasteiger partial charge is 0.461 e. The number of nitrogens with one attached hydrogen (secondary N) is 1. The van der Waals surface area contributed by atoms with Crippen LogP contribution < -0.4 is 5.32 Å². The highest BCUT2D eigenvalue weighted by Crippen LogP contribution is 2.34. The first-order chi connectivity index (χ1) is 13.7. The van der Waals surface area contributed by atoms with Crippen molar-refractivity contribution >= 4 is 39.9 Å². The first kappa shape index (κ1) is 20.8. The molecule has 0 fully saturated rings. The van der Waals surface area contributed by atoms with Crippen LogP contribution in [0.15, 0.2) is 35.8 Å². The first-order valence-electron chi connectivity index (χ1n) is 8.06. The number of ether oxygens (including phenoxy) is 1. The summed E-state index contributed by atoms with van der Waals surface area (Å²) in [6, 6.07) is 5.63. The zero-order chi connectivity index (χ0) is 21.2. The number of nitrogens with zero attached hydrogens (tertiary/aromatic N) is 3. The zero-order valence-electron chi connectivity index (χ0n) is 14.7. The van der Waals surface area contributed by atoms with Gasteiger partial charge in [0.2, 0.25) is 0 Å². The summed E-state index contributed by atoms with van der Waals surface area (Å²) in [6.45, 7) is 1.75. The topological polar surface area (TPSA) is 86.1 Å². The summed E-state index contributed by atoms with van der Waals surface area (Å²) in [5, 5.41) is 7.43. The third kappa shape index (κ3) is 4.57. The maximum absolute atomic E-state index is 13.7. The average Bonchev–Trinajstić information content (AvgIpc) is 3.28. The third-order valence-corrected chi connectivity index (χ3v) is 4.54. The van der Waals surface area contributed by atoms with Gasteiger partial charge in [0.05, 0.1) is 24.1 Å².